The van der Waals surface area contributed by atoms with Crippen molar-refractivity contribution in [2.75, 3.05) is 0 Å². The molecule has 0 atom stereocenters. The molecular weight excluding hydrogens is 187 g/mol. The average molecular weight is 204 g/mol. The van der Waals surface area contributed by atoms with Crippen LogP contribution in [0.3, 0.4) is 0 Å². The van der Waals surface area contributed by atoms with Crippen molar-refractivity contribution in [2.24, 2.45) is 0 Å². The molecule has 0 aromatic rings. The molecule has 0 fully saturated rings. The van der Waals surface area contributed by atoms with Crippen molar-refractivity contribution in [3.63, 3.8) is 0 Å². The summed E-state index contributed by atoms with van der Waals surface area (Å²) in [6.07, 6.45) is 5.96. The Hall–Kier alpha value is -0.610. The molecule has 0 nitrogen and oxygen atoms in total. The Balaban J connectivity index is 2.45. The van der Waals surface area contributed by atoms with E-state index in [-0.39, 0.29) is 0 Å². The lowest BCUT2D eigenvalue weighted by Crippen LogP contribution is -1.94. The second kappa shape index (κ2) is 3.87. The molecule has 1 heteroatoms. The zero-order chi connectivity index (χ0) is 10.1. The van der Waals surface area contributed by atoms with Gasteiger partial charge in [0.05, 0.1) is 0 Å². The first-order chi connectivity index (χ1) is 6.81. The zero-order valence-electron chi connectivity index (χ0n) is 9.22. The summed E-state index contributed by atoms with van der Waals surface area (Å²) in [5, 5.41) is 1.55. The fourth-order valence-electron chi connectivity index (χ4n) is 2.30. The van der Waals surface area contributed by atoms with Gasteiger partial charge in [0.2, 0.25) is 0 Å². The average Bonchev–Trinajstić information content (AvgIpc) is 2.74. The van der Waals surface area contributed by atoms with Crippen LogP contribution in [0.5, 0.6) is 0 Å². The molecule has 0 saturated heterocycles. The van der Waals surface area contributed by atoms with E-state index in [9.17, 15) is 0 Å². The second-order valence-corrected chi connectivity index (χ2v) is 4.75. The summed E-state index contributed by atoms with van der Waals surface area (Å²) < 4.78 is 0. The fourth-order valence-corrected chi connectivity index (χ4v) is 3.54. The highest BCUT2D eigenvalue weighted by Crippen LogP contribution is 2.41. The molecule has 0 aromatic carbocycles. The lowest BCUT2D eigenvalue weighted by molar-refractivity contribution is 1.02. The quantitative estimate of drug-likeness (QED) is 0.595. The van der Waals surface area contributed by atoms with E-state index in [4.69, 9.17) is 0 Å². The van der Waals surface area contributed by atoms with Crippen LogP contribution in [0.4, 0.5) is 0 Å². The highest BCUT2D eigenvalue weighted by Gasteiger charge is 2.24. The molecule has 0 N–H and O–H groups in total. The highest BCUT2D eigenvalue weighted by atomic mass is 31.1. The number of hydrogen-bond acceptors (Lipinski definition) is 0. The molecule has 0 bridgehead atoms. The molecule has 0 saturated carbocycles. The summed E-state index contributed by atoms with van der Waals surface area (Å²) in [5.41, 5.74) is 6.34. The second-order valence-electron chi connectivity index (χ2n) is 3.75. The van der Waals surface area contributed by atoms with Crippen molar-refractivity contribution >= 4 is 13.5 Å². The van der Waals surface area contributed by atoms with Crippen LogP contribution < -0.4 is 0 Å². The van der Waals surface area contributed by atoms with Gasteiger partial charge in [0.15, 0.2) is 0 Å². The van der Waals surface area contributed by atoms with Crippen LogP contribution in [0.2, 0.25) is 0 Å². The molecule has 1 heterocycles. The Morgan fingerprint density at radius 2 is 1.71 bits per heavy atom. The van der Waals surface area contributed by atoms with Crippen molar-refractivity contribution in [2.45, 2.75) is 40.0 Å². The van der Waals surface area contributed by atoms with Crippen LogP contribution in [-0.2, 0) is 0 Å². The third-order valence-electron chi connectivity index (χ3n) is 3.05. The first kappa shape index (κ1) is 9.93. The summed E-state index contributed by atoms with van der Waals surface area (Å²) in [7, 11) is 1.42. The number of hydrogen-bond donors (Lipinski definition) is 0. The van der Waals surface area contributed by atoms with E-state index in [0.717, 1.165) is 0 Å². The standard InChI is InChI=1S/C13H17P/c1-4-9-7-12-13(11(9)6-3)10(5-2)8-14-12/h7-8H,4-6H2,1-3H3. The minimum atomic E-state index is 1.18. The van der Waals surface area contributed by atoms with Crippen molar-refractivity contribution in [3.05, 3.63) is 34.2 Å². The normalized spacial score (nSPS) is 20.6. The maximum atomic E-state index is 2.41. The van der Waals surface area contributed by atoms with Gasteiger partial charge in [0.1, 0.15) is 0 Å². The molecule has 0 amide bonds. The molecule has 2 aliphatic rings. The van der Waals surface area contributed by atoms with E-state index >= 15 is 0 Å². The Bertz CT molecular complexity index is 378. The van der Waals surface area contributed by atoms with Gasteiger partial charge in [-0.15, -0.1) is 0 Å². The summed E-state index contributed by atoms with van der Waals surface area (Å²) in [6, 6.07) is 0. The van der Waals surface area contributed by atoms with E-state index in [1.165, 1.54) is 27.5 Å². The number of rotatable bonds is 3. The Kier molecular flexibility index (Phi) is 2.74. The highest BCUT2D eigenvalue weighted by molar-refractivity contribution is 7.46. The first-order valence-corrected chi connectivity index (χ1v) is 6.49. The summed E-state index contributed by atoms with van der Waals surface area (Å²) in [5.74, 6) is 2.38. The van der Waals surface area contributed by atoms with Gasteiger partial charge in [-0.3, -0.25) is 0 Å². The van der Waals surface area contributed by atoms with Crippen LogP contribution in [0.25, 0.3) is 0 Å². The van der Waals surface area contributed by atoms with Crippen LogP contribution in [0.15, 0.2) is 34.2 Å². The molecule has 0 aromatic heterocycles. The van der Waals surface area contributed by atoms with E-state index in [1.54, 1.807) is 27.6 Å². The van der Waals surface area contributed by atoms with Crippen molar-refractivity contribution in [1.82, 2.24) is 0 Å². The molecule has 0 unspecified atom stereocenters. The van der Waals surface area contributed by atoms with Gasteiger partial charge in [0, 0.05) is 5.29 Å². The third-order valence-corrected chi connectivity index (χ3v) is 4.12. The van der Waals surface area contributed by atoms with Gasteiger partial charge in [-0.1, -0.05) is 29.0 Å². The van der Waals surface area contributed by atoms with E-state index in [1.807, 2.05) is 0 Å². The molecule has 2 rings (SSSR count). The van der Waals surface area contributed by atoms with Crippen LogP contribution in [-0.4, -0.2) is 5.29 Å². The molecule has 1 aliphatic heterocycles. The molecular formula is C13H17P. The molecule has 0 radical (unpaired) electrons. The van der Waals surface area contributed by atoms with E-state index < -0.39 is 0 Å². The van der Waals surface area contributed by atoms with Crippen molar-refractivity contribution < 1.29 is 0 Å². The minimum Gasteiger partial charge on any atom is -0.0675 e. The summed E-state index contributed by atoms with van der Waals surface area (Å²) in [6.45, 7) is 6.79. The van der Waals surface area contributed by atoms with Gasteiger partial charge < -0.3 is 0 Å². The van der Waals surface area contributed by atoms with Gasteiger partial charge in [0.25, 0.3) is 0 Å². The topological polar surface area (TPSA) is 0 Å². The van der Waals surface area contributed by atoms with Crippen LogP contribution >= 0.6 is 8.20 Å². The maximum Gasteiger partial charge on any atom is 0.00989 e. The minimum absolute atomic E-state index is 1.18. The Morgan fingerprint density at radius 3 is 2.29 bits per heavy atom. The molecule has 0 spiro atoms. The van der Waals surface area contributed by atoms with Gasteiger partial charge in [-0.2, -0.15) is 0 Å². The monoisotopic (exact) mass is 204 g/mol. The van der Waals surface area contributed by atoms with Crippen molar-refractivity contribution in [1.29, 1.82) is 0 Å². The number of allylic oxidation sites excluding steroid dienone is 5. The fraction of sp³-hybridized carbons (Fsp3) is 0.462. The predicted molar refractivity (Wildman–Crippen MR) is 66.0 cm³/mol. The van der Waals surface area contributed by atoms with Gasteiger partial charge in [-0.25, -0.2) is 0 Å². The smallest absolute Gasteiger partial charge is 0.00989 e. The first-order valence-electron chi connectivity index (χ1n) is 5.53. The zero-order valence-corrected chi connectivity index (χ0v) is 10.1. The summed E-state index contributed by atoms with van der Waals surface area (Å²) in [4.78, 5) is 0. The largest absolute Gasteiger partial charge is 0.0675 e. The van der Waals surface area contributed by atoms with Gasteiger partial charge in [-0.05, 0) is 53.4 Å². The molecule has 74 valence electrons. The lowest BCUT2D eigenvalue weighted by Gasteiger charge is -2.08. The van der Waals surface area contributed by atoms with Gasteiger partial charge >= 0.3 is 0 Å². The van der Waals surface area contributed by atoms with E-state index in [2.05, 4.69) is 32.7 Å². The Labute approximate surface area is 88.2 Å². The van der Waals surface area contributed by atoms with Crippen molar-refractivity contribution in [3.8, 4) is 0 Å². The summed E-state index contributed by atoms with van der Waals surface area (Å²) >= 11 is 0. The van der Waals surface area contributed by atoms with E-state index in [0.29, 0.717) is 0 Å². The van der Waals surface area contributed by atoms with Crippen LogP contribution in [0, 0.1) is 0 Å². The SMILES string of the molecule is CCC1=CC2=PC=C(CC)C2=C1CC. The third kappa shape index (κ3) is 1.33. The Morgan fingerprint density at radius 1 is 1.00 bits per heavy atom. The molecule has 1 aliphatic carbocycles. The predicted octanol–water partition coefficient (Wildman–Crippen LogP) is 4.47. The van der Waals surface area contributed by atoms with Crippen LogP contribution in [0.1, 0.15) is 40.0 Å². The lowest BCUT2D eigenvalue weighted by atomic mass is 9.96. The maximum absolute atomic E-state index is 2.41. The number of fused-ring (bicyclic) bond motifs is 1. The molecule has 14 heavy (non-hydrogen) atoms.